The van der Waals surface area contributed by atoms with Gasteiger partial charge in [0, 0.05) is 9.47 Å². The van der Waals surface area contributed by atoms with E-state index in [9.17, 15) is 4.79 Å². The number of hydrogen-bond donors (Lipinski definition) is 0. The van der Waals surface area contributed by atoms with Crippen molar-refractivity contribution in [1.82, 2.24) is 0 Å². The first-order valence-corrected chi connectivity index (χ1v) is 7.68. The van der Waals surface area contributed by atoms with E-state index in [0.29, 0.717) is 12.5 Å². The van der Waals surface area contributed by atoms with Crippen LogP contribution in [0.25, 0.3) is 0 Å². The fourth-order valence-corrected chi connectivity index (χ4v) is 2.07. The average molecular weight is 276 g/mol. The van der Waals surface area contributed by atoms with Gasteiger partial charge in [0.2, 0.25) is 0 Å². The van der Waals surface area contributed by atoms with Crippen molar-refractivity contribution in [3.63, 3.8) is 0 Å². The molecule has 0 saturated heterocycles. The van der Waals surface area contributed by atoms with E-state index in [4.69, 9.17) is 9.26 Å². The van der Waals surface area contributed by atoms with Gasteiger partial charge in [0.1, 0.15) is 0 Å². The Morgan fingerprint density at radius 3 is 2.22 bits per heavy atom. The fourth-order valence-electron chi connectivity index (χ4n) is 1.82. The lowest BCUT2D eigenvalue weighted by Crippen LogP contribution is -2.26. The van der Waals surface area contributed by atoms with Gasteiger partial charge in [-0.2, -0.15) is 0 Å². The number of hydrogen-bond acceptors (Lipinski definition) is 3. The molecule has 3 unspecified atom stereocenters. The summed E-state index contributed by atoms with van der Waals surface area (Å²) >= 11 is 0. The summed E-state index contributed by atoms with van der Waals surface area (Å²) in [4.78, 5) is 11.8. The molecule has 4 heteroatoms. The van der Waals surface area contributed by atoms with Crippen molar-refractivity contribution in [1.29, 1.82) is 0 Å². The molecule has 0 radical (unpaired) electrons. The molecular formula is C14H29O3P. The Bertz CT molecular complexity index is 209. The molecule has 0 N–H and O–H groups in total. The van der Waals surface area contributed by atoms with Crippen LogP contribution in [0.2, 0.25) is 0 Å². The molecule has 0 bridgehead atoms. The summed E-state index contributed by atoms with van der Waals surface area (Å²) < 4.78 is 10.5. The van der Waals surface area contributed by atoms with Gasteiger partial charge in [-0.15, -0.1) is 0 Å². The molecule has 0 heterocycles. The maximum atomic E-state index is 11.8. The maximum absolute atomic E-state index is 11.8. The molecule has 0 aliphatic carbocycles. The lowest BCUT2D eigenvalue weighted by atomic mass is 10.0. The van der Waals surface area contributed by atoms with Gasteiger partial charge in [0.05, 0.1) is 6.61 Å². The zero-order chi connectivity index (χ0) is 13.8. The smallest absolute Gasteiger partial charge is 0.335 e. The van der Waals surface area contributed by atoms with Crippen molar-refractivity contribution < 1.29 is 14.1 Å². The molecule has 0 saturated carbocycles. The van der Waals surface area contributed by atoms with E-state index >= 15 is 0 Å². The highest BCUT2D eigenvalue weighted by atomic mass is 31.0. The van der Waals surface area contributed by atoms with Crippen LogP contribution < -0.4 is 0 Å². The summed E-state index contributed by atoms with van der Waals surface area (Å²) in [7, 11) is 2.17. The van der Waals surface area contributed by atoms with Crippen LogP contribution in [0.15, 0.2) is 0 Å². The van der Waals surface area contributed by atoms with Gasteiger partial charge in [-0.3, -0.25) is 0 Å². The van der Waals surface area contributed by atoms with Crippen molar-refractivity contribution in [3.05, 3.63) is 0 Å². The molecule has 0 amide bonds. The zero-order valence-electron chi connectivity index (χ0n) is 12.1. The van der Waals surface area contributed by atoms with E-state index in [2.05, 4.69) is 30.2 Å². The second-order valence-electron chi connectivity index (χ2n) is 4.81. The van der Waals surface area contributed by atoms with Crippen molar-refractivity contribution in [2.75, 3.05) is 6.61 Å². The van der Waals surface area contributed by atoms with E-state index in [1.165, 1.54) is 12.8 Å². The molecule has 0 rings (SSSR count). The summed E-state index contributed by atoms with van der Waals surface area (Å²) in [5.41, 5.74) is 0. The van der Waals surface area contributed by atoms with Crippen LogP contribution in [0.3, 0.4) is 0 Å². The molecule has 108 valence electrons. The molecule has 0 fully saturated rings. The molecular weight excluding hydrogens is 247 g/mol. The number of esters is 1. The Balaban J connectivity index is 3.95. The Kier molecular flexibility index (Phi) is 11.8. The highest BCUT2D eigenvalue weighted by Crippen LogP contribution is 2.15. The predicted molar refractivity (Wildman–Crippen MR) is 78.4 cm³/mol. The zero-order valence-corrected chi connectivity index (χ0v) is 13.3. The minimum atomic E-state index is -0.418. The third-order valence-corrected chi connectivity index (χ3v) is 3.58. The van der Waals surface area contributed by atoms with E-state index < -0.39 is 6.10 Å². The molecule has 0 aromatic heterocycles. The van der Waals surface area contributed by atoms with Crippen molar-refractivity contribution in [3.8, 4) is 0 Å². The number of carbonyl (C=O) groups excluding carboxylic acids is 1. The van der Waals surface area contributed by atoms with Gasteiger partial charge >= 0.3 is 5.97 Å². The largest absolute Gasteiger partial charge is 0.463 e. The molecule has 0 aromatic rings. The lowest BCUT2D eigenvalue weighted by molar-refractivity contribution is -0.153. The third kappa shape index (κ3) is 8.05. The number of rotatable bonds is 11. The van der Waals surface area contributed by atoms with Crippen LogP contribution in [0, 0.1) is 5.92 Å². The molecule has 0 spiro atoms. The molecule has 3 nitrogen and oxygen atoms in total. The third-order valence-electron chi connectivity index (χ3n) is 3.25. The summed E-state index contributed by atoms with van der Waals surface area (Å²) in [5.74, 6) is 0.277. The monoisotopic (exact) mass is 276 g/mol. The van der Waals surface area contributed by atoms with Crippen molar-refractivity contribution >= 4 is 15.4 Å². The first-order chi connectivity index (χ1) is 8.69. The summed E-state index contributed by atoms with van der Waals surface area (Å²) in [6.07, 6.45) is 6.97. The maximum Gasteiger partial charge on any atom is 0.335 e. The van der Waals surface area contributed by atoms with Crippen LogP contribution >= 0.6 is 9.47 Å². The second kappa shape index (κ2) is 11.9. The van der Waals surface area contributed by atoms with Crippen LogP contribution in [0.4, 0.5) is 0 Å². The summed E-state index contributed by atoms with van der Waals surface area (Å²) in [6.45, 7) is 6.96. The molecule has 0 aliphatic rings. The first kappa shape index (κ1) is 17.9. The van der Waals surface area contributed by atoms with E-state index in [1.807, 2.05) is 0 Å². The Hall–Kier alpha value is -0.140. The van der Waals surface area contributed by atoms with Crippen molar-refractivity contribution in [2.45, 2.75) is 71.8 Å². The van der Waals surface area contributed by atoms with Gasteiger partial charge in [-0.1, -0.05) is 52.9 Å². The van der Waals surface area contributed by atoms with Gasteiger partial charge in [0.25, 0.3) is 0 Å². The minimum Gasteiger partial charge on any atom is -0.463 e. The summed E-state index contributed by atoms with van der Waals surface area (Å²) in [6, 6.07) is 0. The van der Waals surface area contributed by atoms with Gasteiger partial charge in [0.15, 0.2) is 6.10 Å². The minimum absolute atomic E-state index is 0.214. The quantitative estimate of drug-likeness (QED) is 0.421. The average Bonchev–Trinajstić information content (AvgIpc) is 2.39. The highest BCUT2D eigenvalue weighted by Gasteiger charge is 2.20. The second-order valence-corrected chi connectivity index (χ2v) is 5.09. The molecule has 0 aliphatic heterocycles. The number of carbonyl (C=O) groups is 1. The van der Waals surface area contributed by atoms with E-state index in [0.717, 1.165) is 32.1 Å². The van der Waals surface area contributed by atoms with E-state index in [-0.39, 0.29) is 5.97 Å². The van der Waals surface area contributed by atoms with Gasteiger partial charge in [-0.25, -0.2) is 4.79 Å². The van der Waals surface area contributed by atoms with Crippen LogP contribution in [0.5, 0.6) is 0 Å². The van der Waals surface area contributed by atoms with Crippen LogP contribution in [-0.2, 0) is 14.1 Å². The lowest BCUT2D eigenvalue weighted by Gasteiger charge is -2.18. The van der Waals surface area contributed by atoms with Gasteiger partial charge < -0.3 is 9.26 Å². The fraction of sp³-hybridized carbons (Fsp3) is 0.929. The molecule has 18 heavy (non-hydrogen) atoms. The Morgan fingerprint density at radius 2 is 1.72 bits per heavy atom. The Morgan fingerprint density at radius 1 is 1.11 bits per heavy atom. The Labute approximate surface area is 114 Å². The normalized spacial score (nSPS) is 14.2. The summed E-state index contributed by atoms with van der Waals surface area (Å²) in [5, 5.41) is 0. The standard InChI is InChI=1S/C14H29O3P/c1-4-7-9-12(6-3)11-16-14(15)13(17-18)10-8-5-2/h12-13H,4-11,18H2,1-3H3. The first-order valence-electron chi connectivity index (χ1n) is 7.21. The number of unbranched alkanes of at least 4 members (excludes halogenated alkanes) is 2. The van der Waals surface area contributed by atoms with E-state index in [1.54, 1.807) is 0 Å². The van der Waals surface area contributed by atoms with Gasteiger partial charge in [-0.05, 0) is 18.8 Å². The molecule has 3 atom stereocenters. The molecule has 0 aromatic carbocycles. The van der Waals surface area contributed by atoms with Crippen molar-refractivity contribution in [2.24, 2.45) is 5.92 Å². The predicted octanol–water partition coefficient (Wildman–Crippen LogP) is 4.11. The number of ether oxygens (including phenoxy) is 1. The highest BCUT2D eigenvalue weighted by molar-refractivity contribution is 7.09. The van der Waals surface area contributed by atoms with Crippen LogP contribution in [-0.4, -0.2) is 18.7 Å². The van der Waals surface area contributed by atoms with Crippen LogP contribution in [0.1, 0.15) is 65.7 Å². The SMILES string of the molecule is CCCCC(CC)COC(=O)C(CCCC)OP. The topological polar surface area (TPSA) is 35.5 Å².